The van der Waals surface area contributed by atoms with Crippen LogP contribution in [0.2, 0.25) is 0 Å². The summed E-state index contributed by atoms with van der Waals surface area (Å²) >= 11 is 0. The van der Waals surface area contributed by atoms with Crippen LogP contribution in [0.15, 0.2) is 23.0 Å². The highest BCUT2D eigenvalue weighted by Crippen LogP contribution is 2.16. The minimum Gasteiger partial charge on any atom is -0.504 e. The Morgan fingerprint density at radius 2 is 1.77 bits per heavy atom. The summed E-state index contributed by atoms with van der Waals surface area (Å²) in [7, 11) is 0. The first-order chi connectivity index (χ1) is 6.11. The summed E-state index contributed by atoms with van der Waals surface area (Å²) in [5, 5.41) is 26.4. The molecule has 0 aromatic carbocycles. The fraction of sp³-hybridized carbons (Fsp3) is 0.250. The number of carbonyl (C=O) groups is 2. The Hall–Kier alpha value is -1.46. The summed E-state index contributed by atoms with van der Waals surface area (Å²) in [5.41, 5.74) is -0.483. The standard InChI is InChI=1S/C8H8O5/c9-2-4-1-6(11)8(13)5(3-10)7(4)12/h1,9-10,13H,2-3H2. The van der Waals surface area contributed by atoms with Gasteiger partial charge in [-0.05, 0) is 6.08 Å². The number of aliphatic hydroxyl groups is 3. The Morgan fingerprint density at radius 1 is 1.15 bits per heavy atom. The molecule has 0 aliphatic heterocycles. The van der Waals surface area contributed by atoms with E-state index in [1.807, 2.05) is 0 Å². The Balaban J connectivity index is 3.14. The molecule has 5 heteroatoms. The third-order valence-electron chi connectivity index (χ3n) is 1.72. The summed E-state index contributed by atoms with van der Waals surface area (Å²) in [6.07, 6.45) is 0.858. The van der Waals surface area contributed by atoms with E-state index in [2.05, 4.69) is 0 Å². The highest BCUT2D eigenvalue weighted by atomic mass is 16.3. The van der Waals surface area contributed by atoms with Crippen molar-refractivity contribution in [1.29, 1.82) is 0 Å². The van der Waals surface area contributed by atoms with E-state index in [4.69, 9.17) is 15.3 Å². The number of aliphatic hydroxyl groups excluding tert-OH is 3. The van der Waals surface area contributed by atoms with Gasteiger partial charge < -0.3 is 15.3 Å². The molecule has 3 N–H and O–H groups in total. The first-order valence-electron chi connectivity index (χ1n) is 3.55. The number of hydrogen-bond acceptors (Lipinski definition) is 5. The van der Waals surface area contributed by atoms with Crippen molar-refractivity contribution in [3.05, 3.63) is 23.0 Å². The maximum atomic E-state index is 11.2. The van der Waals surface area contributed by atoms with Gasteiger partial charge in [0, 0.05) is 5.57 Å². The number of rotatable bonds is 2. The Labute approximate surface area is 73.6 Å². The van der Waals surface area contributed by atoms with Crippen molar-refractivity contribution < 1.29 is 24.9 Å². The molecular formula is C8H8O5. The molecule has 1 aliphatic rings. The van der Waals surface area contributed by atoms with Gasteiger partial charge in [-0.2, -0.15) is 0 Å². The molecule has 5 nitrogen and oxygen atoms in total. The molecule has 0 saturated heterocycles. The predicted molar refractivity (Wildman–Crippen MR) is 41.9 cm³/mol. The average molecular weight is 184 g/mol. The average Bonchev–Trinajstić information content (AvgIpc) is 2.12. The maximum Gasteiger partial charge on any atom is 0.221 e. The van der Waals surface area contributed by atoms with Gasteiger partial charge in [-0.25, -0.2) is 0 Å². The number of ketones is 2. The van der Waals surface area contributed by atoms with Gasteiger partial charge in [0.25, 0.3) is 0 Å². The lowest BCUT2D eigenvalue weighted by molar-refractivity contribution is -0.118. The maximum absolute atomic E-state index is 11.2. The summed E-state index contributed by atoms with van der Waals surface area (Å²) in [5.74, 6) is -2.21. The van der Waals surface area contributed by atoms with E-state index in [-0.39, 0.29) is 11.1 Å². The fourth-order valence-corrected chi connectivity index (χ4v) is 1.01. The first-order valence-corrected chi connectivity index (χ1v) is 3.55. The molecule has 0 atom stereocenters. The van der Waals surface area contributed by atoms with Gasteiger partial charge in [0.1, 0.15) is 0 Å². The molecule has 0 heterocycles. The minimum atomic E-state index is -0.771. The highest BCUT2D eigenvalue weighted by molar-refractivity contribution is 6.21. The molecular weight excluding hydrogens is 176 g/mol. The summed E-state index contributed by atoms with van der Waals surface area (Å²) in [6.45, 7) is -1.30. The Morgan fingerprint density at radius 3 is 2.23 bits per heavy atom. The lowest BCUT2D eigenvalue weighted by Gasteiger charge is -2.11. The van der Waals surface area contributed by atoms with Gasteiger partial charge in [0.2, 0.25) is 5.78 Å². The molecule has 13 heavy (non-hydrogen) atoms. The van der Waals surface area contributed by atoms with Crippen LogP contribution in [0, 0.1) is 0 Å². The fourth-order valence-electron chi connectivity index (χ4n) is 1.01. The number of carbonyl (C=O) groups excluding carboxylic acids is 2. The number of Topliss-reactive ketones (excluding diaryl/α,β-unsaturated/α-hetero) is 1. The van der Waals surface area contributed by atoms with E-state index < -0.39 is 30.5 Å². The van der Waals surface area contributed by atoms with E-state index in [1.165, 1.54) is 0 Å². The zero-order valence-electron chi connectivity index (χ0n) is 6.65. The topological polar surface area (TPSA) is 94.8 Å². The van der Waals surface area contributed by atoms with Gasteiger partial charge in [0.05, 0.1) is 18.8 Å². The lowest BCUT2D eigenvalue weighted by Crippen LogP contribution is -2.23. The van der Waals surface area contributed by atoms with Crippen molar-refractivity contribution in [2.45, 2.75) is 0 Å². The van der Waals surface area contributed by atoms with Gasteiger partial charge >= 0.3 is 0 Å². The van der Waals surface area contributed by atoms with Crippen molar-refractivity contribution >= 4 is 11.6 Å². The summed E-state index contributed by atoms with van der Waals surface area (Å²) in [4.78, 5) is 22.1. The Kier molecular flexibility index (Phi) is 2.60. The van der Waals surface area contributed by atoms with Crippen LogP contribution in [-0.2, 0) is 9.59 Å². The SMILES string of the molecule is O=C1C=C(CO)C(=O)C(CO)=C1O. The number of hydrogen-bond donors (Lipinski definition) is 3. The van der Waals surface area contributed by atoms with E-state index in [0.29, 0.717) is 0 Å². The van der Waals surface area contributed by atoms with Gasteiger partial charge in [-0.3, -0.25) is 9.59 Å². The van der Waals surface area contributed by atoms with Crippen molar-refractivity contribution in [2.75, 3.05) is 13.2 Å². The van der Waals surface area contributed by atoms with Crippen LogP contribution in [0.25, 0.3) is 0 Å². The highest BCUT2D eigenvalue weighted by Gasteiger charge is 2.26. The molecule has 0 fully saturated rings. The monoisotopic (exact) mass is 184 g/mol. The normalized spacial score (nSPS) is 17.8. The molecule has 1 aliphatic carbocycles. The molecule has 0 saturated carbocycles. The second-order valence-electron chi connectivity index (χ2n) is 2.51. The molecule has 0 spiro atoms. The van der Waals surface area contributed by atoms with Crippen molar-refractivity contribution in [2.24, 2.45) is 0 Å². The molecule has 70 valence electrons. The third-order valence-corrected chi connectivity index (χ3v) is 1.72. The van der Waals surface area contributed by atoms with E-state index in [9.17, 15) is 9.59 Å². The van der Waals surface area contributed by atoms with Gasteiger partial charge in [0.15, 0.2) is 11.5 Å². The van der Waals surface area contributed by atoms with E-state index in [0.717, 1.165) is 6.08 Å². The summed E-state index contributed by atoms with van der Waals surface area (Å²) in [6, 6.07) is 0. The third kappa shape index (κ3) is 1.51. The van der Waals surface area contributed by atoms with Crippen molar-refractivity contribution in [3.8, 4) is 0 Å². The zero-order chi connectivity index (χ0) is 10.0. The molecule has 0 bridgehead atoms. The van der Waals surface area contributed by atoms with E-state index >= 15 is 0 Å². The quantitative estimate of drug-likeness (QED) is 0.471. The smallest absolute Gasteiger partial charge is 0.221 e. The van der Waals surface area contributed by atoms with E-state index in [1.54, 1.807) is 0 Å². The van der Waals surface area contributed by atoms with Crippen LogP contribution >= 0.6 is 0 Å². The van der Waals surface area contributed by atoms with Crippen LogP contribution in [0.1, 0.15) is 0 Å². The molecule has 0 aromatic rings. The van der Waals surface area contributed by atoms with Crippen LogP contribution < -0.4 is 0 Å². The largest absolute Gasteiger partial charge is 0.504 e. The van der Waals surface area contributed by atoms with Gasteiger partial charge in [-0.1, -0.05) is 0 Å². The lowest BCUT2D eigenvalue weighted by atomic mass is 9.95. The Bertz CT molecular complexity index is 323. The molecule has 0 unspecified atom stereocenters. The first kappa shape index (κ1) is 9.63. The van der Waals surface area contributed by atoms with Gasteiger partial charge in [-0.15, -0.1) is 0 Å². The molecule has 1 rings (SSSR count). The molecule has 0 amide bonds. The molecule has 0 radical (unpaired) electrons. The van der Waals surface area contributed by atoms with Crippen molar-refractivity contribution in [1.82, 2.24) is 0 Å². The minimum absolute atomic E-state index is 0.119. The zero-order valence-corrected chi connectivity index (χ0v) is 6.65. The second-order valence-corrected chi connectivity index (χ2v) is 2.51. The predicted octanol–water partition coefficient (Wildman–Crippen LogP) is -1.14. The number of allylic oxidation sites excluding steroid dienone is 1. The summed E-state index contributed by atoms with van der Waals surface area (Å²) < 4.78 is 0. The molecule has 0 aromatic heterocycles. The second kappa shape index (κ2) is 3.51. The van der Waals surface area contributed by atoms with Crippen LogP contribution in [0.5, 0.6) is 0 Å². The van der Waals surface area contributed by atoms with Crippen LogP contribution in [0.3, 0.4) is 0 Å². The van der Waals surface area contributed by atoms with Crippen LogP contribution in [-0.4, -0.2) is 40.1 Å². The van der Waals surface area contributed by atoms with Crippen LogP contribution in [0.4, 0.5) is 0 Å². The van der Waals surface area contributed by atoms with Crippen molar-refractivity contribution in [3.63, 3.8) is 0 Å².